The van der Waals surface area contributed by atoms with Gasteiger partial charge in [0.1, 0.15) is 0 Å². The number of hydrogen-bond acceptors (Lipinski definition) is 4. The molecular formula is C33H52ClN5O2. The maximum Gasteiger partial charge on any atom is 0.320 e. The molecule has 2 bridgehead atoms. The Morgan fingerprint density at radius 2 is 1.51 bits per heavy atom. The molecule has 2 aliphatic heterocycles. The minimum absolute atomic E-state index is 0.205. The summed E-state index contributed by atoms with van der Waals surface area (Å²) in [5.41, 5.74) is 7.32. The molecule has 228 valence electrons. The first-order valence-corrected chi connectivity index (χ1v) is 16.9. The number of halogens is 1. The van der Waals surface area contributed by atoms with Crippen LogP contribution in [-0.2, 0) is 11.2 Å². The highest BCUT2D eigenvalue weighted by Crippen LogP contribution is 2.40. The van der Waals surface area contributed by atoms with Crippen LogP contribution in [-0.4, -0.2) is 82.0 Å². The molecule has 0 aromatic heterocycles. The van der Waals surface area contributed by atoms with Gasteiger partial charge in [0.15, 0.2) is 0 Å². The first-order chi connectivity index (χ1) is 19.9. The van der Waals surface area contributed by atoms with E-state index in [0.717, 1.165) is 82.9 Å². The fraction of sp³-hybridized carbons (Fsp3) is 0.758. The minimum atomic E-state index is -0.262. The predicted molar refractivity (Wildman–Crippen MR) is 166 cm³/mol. The second-order valence-electron chi connectivity index (χ2n) is 13.1. The normalized spacial score (nSPS) is 29.3. The molecule has 3 amide bonds. The van der Waals surface area contributed by atoms with E-state index in [4.69, 9.17) is 17.3 Å². The lowest BCUT2D eigenvalue weighted by Gasteiger charge is -2.48. The van der Waals surface area contributed by atoms with Gasteiger partial charge in [-0.15, -0.1) is 0 Å². The van der Waals surface area contributed by atoms with Gasteiger partial charge in [-0.05, 0) is 102 Å². The number of carbonyl (C=O) groups excluding carboxylic acids is 2. The number of benzene rings is 1. The zero-order valence-electron chi connectivity index (χ0n) is 25.3. The summed E-state index contributed by atoms with van der Waals surface area (Å²) in [6, 6.07) is 9.43. The Labute approximate surface area is 252 Å². The summed E-state index contributed by atoms with van der Waals surface area (Å²) in [5, 5.41) is 4.50. The number of amides is 3. The number of nitrogens with two attached hydrogens (primary N) is 1. The summed E-state index contributed by atoms with van der Waals surface area (Å²) in [5.74, 6) is 0.236. The maximum atomic E-state index is 14.4. The van der Waals surface area contributed by atoms with Gasteiger partial charge in [-0.1, -0.05) is 43.0 Å². The number of piperidine rings is 1. The molecular weight excluding hydrogens is 534 g/mol. The monoisotopic (exact) mass is 585 g/mol. The molecule has 4 atom stereocenters. The molecule has 0 spiro atoms. The van der Waals surface area contributed by atoms with Crippen LogP contribution in [0.4, 0.5) is 4.79 Å². The average Bonchev–Trinajstić information content (AvgIpc) is 3.25. The fourth-order valence-electron chi connectivity index (χ4n) is 8.19. The third-order valence-corrected chi connectivity index (χ3v) is 10.7. The summed E-state index contributed by atoms with van der Waals surface area (Å²) in [6.07, 6.45) is 14.5. The van der Waals surface area contributed by atoms with Crippen LogP contribution in [0.2, 0.25) is 5.02 Å². The minimum Gasteiger partial charge on any atom is -0.335 e. The lowest BCUT2D eigenvalue weighted by Crippen LogP contribution is -2.61. The predicted octanol–water partition coefficient (Wildman–Crippen LogP) is 5.73. The largest absolute Gasteiger partial charge is 0.335 e. The lowest BCUT2D eigenvalue weighted by atomic mass is 9.88. The number of fused-ring (bicyclic) bond motifs is 2. The van der Waals surface area contributed by atoms with Gasteiger partial charge >= 0.3 is 6.03 Å². The van der Waals surface area contributed by atoms with Crippen molar-refractivity contribution in [1.82, 2.24) is 20.0 Å². The van der Waals surface area contributed by atoms with E-state index in [-0.39, 0.29) is 42.1 Å². The smallest absolute Gasteiger partial charge is 0.320 e. The molecule has 2 aliphatic carbocycles. The number of nitrogens with one attached hydrogen (secondary N) is 1. The first kappa shape index (κ1) is 30.6. The Morgan fingerprint density at radius 1 is 0.902 bits per heavy atom. The van der Waals surface area contributed by atoms with Crippen molar-refractivity contribution in [2.24, 2.45) is 5.73 Å². The molecule has 1 aromatic carbocycles. The van der Waals surface area contributed by atoms with E-state index in [1.165, 1.54) is 19.3 Å². The van der Waals surface area contributed by atoms with Gasteiger partial charge in [0, 0.05) is 54.4 Å². The average molecular weight is 586 g/mol. The number of rotatable bonds is 9. The van der Waals surface area contributed by atoms with Crippen molar-refractivity contribution >= 4 is 23.5 Å². The van der Waals surface area contributed by atoms with Crippen LogP contribution in [0, 0.1) is 0 Å². The van der Waals surface area contributed by atoms with Crippen molar-refractivity contribution in [3.8, 4) is 0 Å². The molecule has 0 radical (unpaired) electrons. The molecule has 1 aromatic rings. The summed E-state index contributed by atoms with van der Waals surface area (Å²) >= 11 is 6.17. The van der Waals surface area contributed by atoms with Crippen molar-refractivity contribution in [2.45, 2.75) is 146 Å². The summed E-state index contributed by atoms with van der Waals surface area (Å²) in [4.78, 5) is 34.8. The maximum absolute atomic E-state index is 14.4. The first-order valence-electron chi connectivity index (χ1n) is 16.5. The van der Waals surface area contributed by atoms with Gasteiger partial charge < -0.3 is 25.8 Å². The van der Waals surface area contributed by atoms with Crippen LogP contribution >= 0.6 is 11.6 Å². The molecule has 8 heteroatoms. The molecule has 7 nitrogen and oxygen atoms in total. The van der Waals surface area contributed by atoms with E-state index < -0.39 is 0 Å². The topological polar surface area (TPSA) is 81.9 Å². The van der Waals surface area contributed by atoms with Gasteiger partial charge in [-0.25, -0.2) is 4.79 Å². The van der Waals surface area contributed by atoms with E-state index in [9.17, 15) is 9.59 Å². The number of hydrogen-bond donors (Lipinski definition) is 2. The van der Waals surface area contributed by atoms with Crippen LogP contribution in [0.1, 0.15) is 103 Å². The molecule has 4 aliphatic rings. The van der Waals surface area contributed by atoms with Crippen LogP contribution in [0.5, 0.6) is 0 Å². The highest BCUT2D eigenvalue weighted by Gasteiger charge is 2.48. The molecule has 2 saturated carbocycles. The summed E-state index contributed by atoms with van der Waals surface area (Å²) in [6.45, 7) is 5.65. The Kier molecular flexibility index (Phi) is 10.5. The lowest BCUT2D eigenvalue weighted by molar-refractivity contribution is -0.139. The number of urea groups is 1. The van der Waals surface area contributed by atoms with Crippen LogP contribution in [0.15, 0.2) is 24.3 Å². The van der Waals surface area contributed by atoms with Gasteiger partial charge in [-0.3, -0.25) is 4.79 Å². The van der Waals surface area contributed by atoms with E-state index in [1.807, 2.05) is 29.2 Å². The molecule has 41 heavy (non-hydrogen) atoms. The highest BCUT2D eigenvalue weighted by atomic mass is 35.5. The molecule has 3 N–H and O–H groups in total. The van der Waals surface area contributed by atoms with Crippen LogP contribution < -0.4 is 11.1 Å². The second kappa shape index (κ2) is 14.1. The van der Waals surface area contributed by atoms with Crippen LogP contribution in [0.25, 0.3) is 0 Å². The van der Waals surface area contributed by atoms with Gasteiger partial charge in [0.2, 0.25) is 5.91 Å². The van der Waals surface area contributed by atoms with E-state index in [0.29, 0.717) is 23.5 Å². The SMILES string of the molecule is CCN(CC)C(=O)N(C1CCCCC1)C1C[C@H]2CC[C@@H](C1)N2C(=O)[C@@H](Cc1ccc(Cl)cc1)NC1CCC(N)CC1. The van der Waals surface area contributed by atoms with E-state index in [2.05, 4.69) is 29.0 Å². The van der Waals surface area contributed by atoms with Crippen molar-refractivity contribution < 1.29 is 9.59 Å². The van der Waals surface area contributed by atoms with Gasteiger partial charge in [0.25, 0.3) is 0 Å². The van der Waals surface area contributed by atoms with Crippen LogP contribution in [0.3, 0.4) is 0 Å². The number of nitrogens with zero attached hydrogens (tertiary/aromatic N) is 3. The third-order valence-electron chi connectivity index (χ3n) is 10.4. The zero-order valence-corrected chi connectivity index (χ0v) is 26.0. The Balaban J connectivity index is 1.33. The summed E-state index contributed by atoms with van der Waals surface area (Å²) in [7, 11) is 0. The van der Waals surface area contributed by atoms with Crippen molar-refractivity contribution in [3.63, 3.8) is 0 Å². The molecule has 1 unspecified atom stereocenters. The Morgan fingerprint density at radius 3 is 2.10 bits per heavy atom. The third kappa shape index (κ3) is 7.22. The van der Waals surface area contributed by atoms with Gasteiger partial charge in [-0.2, -0.15) is 0 Å². The van der Waals surface area contributed by atoms with Crippen molar-refractivity contribution in [1.29, 1.82) is 0 Å². The molecule has 2 saturated heterocycles. The van der Waals surface area contributed by atoms with Crippen molar-refractivity contribution in [2.75, 3.05) is 13.1 Å². The highest BCUT2D eigenvalue weighted by molar-refractivity contribution is 6.30. The molecule has 4 fully saturated rings. The molecule has 5 rings (SSSR count). The van der Waals surface area contributed by atoms with E-state index in [1.54, 1.807) is 0 Å². The number of carbonyl (C=O) groups is 2. The molecule has 2 heterocycles. The Hall–Kier alpha value is -1.83. The fourth-order valence-corrected chi connectivity index (χ4v) is 8.31. The standard InChI is InChI=1S/C33H52ClN5O2/c1-3-37(4-2)33(41)39(27-8-6-5-7-9-27)30-21-28-18-19-29(22-30)38(28)32(40)31(20-23-10-12-24(34)13-11-23)36-26-16-14-25(35)15-17-26/h10-13,25-31,36H,3-9,14-22,35H2,1-2H3/t25?,26?,28-,29+,30?,31-/m1/s1. The Bertz CT molecular complexity index is 989. The summed E-state index contributed by atoms with van der Waals surface area (Å²) < 4.78 is 0. The van der Waals surface area contributed by atoms with Gasteiger partial charge in [0.05, 0.1) is 6.04 Å². The second-order valence-corrected chi connectivity index (χ2v) is 13.5. The quantitative estimate of drug-likeness (QED) is 0.388. The van der Waals surface area contributed by atoms with E-state index >= 15 is 0 Å². The zero-order chi connectivity index (χ0) is 28.9. The van der Waals surface area contributed by atoms with Crippen molar-refractivity contribution in [3.05, 3.63) is 34.9 Å².